The molecule has 2 saturated heterocycles. The zero-order valence-corrected chi connectivity index (χ0v) is 57.7. The number of nitrogens with two attached hydrogens (primary N) is 6. The molecule has 31 heteroatoms. The molecular formula is C64H91CoN13O16P. The number of imidazole rings is 1. The van der Waals surface area contributed by atoms with Gasteiger partial charge in [-0.05, 0) is 126 Å². The molecule has 0 spiro atoms. The summed E-state index contributed by atoms with van der Waals surface area (Å²) < 4.78 is 31.9. The summed E-state index contributed by atoms with van der Waals surface area (Å²) in [6, 6.07) is 2.65. The molecular weight excluding hydrogens is 1300 g/mol. The maximum absolute atomic E-state index is 14.4. The topological polar surface area (TPSA) is 505 Å². The van der Waals surface area contributed by atoms with Crippen molar-refractivity contribution in [3.63, 3.8) is 0 Å². The molecule has 0 saturated carbocycles. The third kappa shape index (κ3) is 15.7. The number of phosphoric ester groups is 1. The SMILES string of the molecule is CC(=O)[O-].CC1=C2N=C(C=C3N=C(C(C)=C4[N-]C(C(CC(N)=O)C4(C)CCC(=O)NCC(C)OP(=O)([O-])O[C@H]4[C@@H](O)[C@@H](n5cnc6cc(C)c(C)cc65)O[C@@H]4CO)C4(C)N=C1C(CCC(N)=O)C4(C)CC(N)=O)C(CCC(N)=O)C3(C)C)C(CCC(N)=O)C2(C)CC(N)=O.[Co+3]. The number of aryl methyl sites for hydroxylation is 2. The molecule has 29 nitrogen and oxygen atoms in total. The number of rotatable bonds is 26. The smallest absolute Gasteiger partial charge is 0.756 e. The maximum atomic E-state index is 14.4. The number of aliphatic imine (C=N–C) groups is 3. The number of hydrogen-bond acceptors (Lipinski definition) is 20. The second kappa shape index (κ2) is 29.4. The van der Waals surface area contributed by atoms with Crippen LogP contribution in [0.15, 0.2) is 67.8 Å². The second-order valence-corrected chi connectivity index (χ2v) is 28.8. The number of fused-ring (bicyclic) bond motifs is 7. The first-order valence-corrected chi connectivity index (χ1v) is 32.9. The first kappa shape index (κ1) is 77.0. The number of phosphoric acid groups is 1. The predicted octanol–water partition coefficient (Wildman–Crippen LogP) is 2.07. The number of carboxylic acids is 1. The number of carbonyl (C=O) groups excluding carboxylic acids is 8. The van der Waals surface area contributed by atoms with E-state index >= 15 is 0 Å². The fourth-order valence-corrected chi connectivity index (χ4v) is 16.4. The Balaban J connectivity index is 0.00000278. The van der Waals surface area contributed by atoms with E-state index in [9.17, 15) is 53.2 Å². The van der Waals surface area contributed by atoms with Gasteiger partial charge >= 0.3 is 16.8 Å². The number of nitrogens with zero attached hydrogens (tertiary/aromatic N) is 6. The van der Waals surface area contributed by atoms with Gasteiger partial charge in [-0.25, -0.2) is 4.98 Å². The van der Waals surface area contributed by atoms with Crippen LogP contribution in [0.3, 0.4) is 0 Å². The summed E-state index contributed by atoms with van der Waals surface area (Å²) >= 11 is 0. The van der Waals surface area contributed by atoms with E-state index in [2.05, 4.69) is 10.3 Å². The van der Waals surface area contributed by atoms with Crippen LogP contribution >= 0.6 is 7.82 Å². The summed E-state index contributed by atoms with van der Waals surface area (Å²) in [6.45, 7) is 19.9. The third-order valence-corrected chi connectivity index (χ3v) is 21.6. The minimum Gasteiger partial charge on any atom is -0.756 e. The van der Waals surface area contributed by atoms with Gasteiger partial charge in [0.25, 0.3) is 7.82 Å². The number of aromatic nitrogens is 2. The number of allylic oxidation sites excluding steroid dienone is 6. The quantitative estimate of drug-likeness (QED) is 0.0609. The summed E-state index contributed by atoms with van der Waals surface area (Å²) in [4.78, 5) is 137. The Morgan fingerprint density at radius 2 is 1.36 bits per heavy atom. The van der Waals surface area contributed by atoms with Crippen LogP contribution < -0.4 is 49.7 Å². The summed E-state index contributed by atoms with van der Waals surface area (Å²) in [6.07, 6.45) is -4.79. The number of ether oxygens (including phenoxy) is 1. The van der Waals surface area contributed by atoms with Crippen LogP contribution in [0.4, 0.5) is 0 Å². The van der Waals surface area contributed by atoms with Gasteiger partial charge in [0.15, 0.2) is 6.23 Å². The first-order chi connectivity index (χ1) is 43.6. The molecule has 15 atom stereocenters. The standard InChI is InChI=1S/C62H90N13O14P.C2H4O2.Co/c1-29-20-39-40(21-30(29)2)75(28-70-39)57-52(84)53(41(27-76)87-57)89-90(85,86)88-31(3)26-69-49(83)18-19-59(8)37(22-46(66)80)56-62(11)61(10,25-48(68)82)36(14-17-45(65)79)51(74-62)33(5)55-60(9,24-47(67)81)34(12-15-43(63)77)38(71-55)23-42-58(6,7)35(13-16-44(64)78)50(72-42)32(4)54(59)73-56;1-2(3)4;/h20-21,23,28,31,34-37,41,52-53,56-57,76,84H,12-19,22,24-27H2,1-11H3,(H15,63,64,65,66,67,68,69,71,72,73,74,77,78,79,80,81,82,83,85,86);1H3,(H,3,4);/q;;+3/p-3/t31?,34?,35?,36?,37?,41-,52-,53-,56?,57+,59?,60?,61?,62?;;/m1../s1. The van der Waals surface area contributed by atoms with E-state index in [-0.39, 0.29) is 94.0 Å². The summed E-state index contributed by atoms with van der Waals surface area (Å²) in [5.41, 5.74) is 36.7. The summed E-state index contributed by atoms with van der Waals surface area (Å²) in [5, 5.41) is 39.0. The average molecular weight is 1390 g/mol. The number of amides is 7. The monoisotopic (exact) mass is 1390 g/mol. The van der Waals surface area contributed by atoms with Crippen molar-refractivity contribution >= 4 is 83.3 Å². The van der Waals surface area contributed by atoms with Gasteiger partial charge in [0, 0.05) is 114 Å². The molecule has 15 N–H and O–H groups in total. The van der Waals surface area contributed by atoms with E-state index < -0.39 is 149 Å². The van der Waals surface area contributed by atoms with Crippen molar-refractivity contribution in [1.82, 2.24) is 14.9 Å². The van der Waals surface area contributed by atoms with E-state index in [1.54, 1.807) is 6.92 Å². The fourth-order valence-electron chi connectivity index (χ4n) is 15.3. The van der Waals surface area contributed by atoms with Crippen molar-refractivity contribution in [3.05, 3.63) is 69.2 Å². The van der Waals surface area contributed by atoms with Gasteiger partial charge in [0.1, 0.15) is 18.3 Å². The van der Waals surface area contributed by atoms with Gasteiger partial charge < -0.3 is 88.4 Å². The summed E-state index contributed by atoms with van der Waals surface area (Å²) in [5.74, 6) is -8.49. The fraction of sp³-hybridized carbons (Fsp3) is 0.625. The van der Waals surface area contributed by atoms with Crippen molar-refractivity contribution in [2.45, 2.75) is 196 Å². The Kier molecular flexibility index (Phi) is 23.8. The number of nitrogens with one attached hydrogen (secondary N) is 1. The molecule has 8 rings (SSSR count). The van der Waals surface area contributed by atoms with Gasteiger partial charge in [0.05, 0.1) is 41.3 Å². The molecule has 8 bridgehead atoms. The number of benzene rings is 1. The van der Waals surface area contributed by atoms with Crippen molar-refractivity contribution in [2.24, 2.45) is 94.7 Å². The molecule has 2 fully saturated rings. The Bertz CT molecular complexity index is 3650. The Morgan fingerprint density at radius 3 is 1.92 bits per heavy atom. The van der Waals surface area contributed by atoms with Crippen LogP contribution in [-0.2, 0) is 73.5 Å². The normalized spacial score (nSPS) is 30.6. The van der Waals surface area contributed by atoms with Crippen LogP contribution in [0.25, 0.3) is 16.4 Å². The Morgan fingerprint density at radius 1 is 0.789 bits per heavy atom. The van der Waals surface area contributed by atoms with Gasteiger partial charge in [0.2, 0.25) is 41.4 Å². The van der Waals surface area contributed by atoms with Crippen molar-refractivity contribution in [2.75, 3.05) is 13.2 Å². The predicted molar refractivity (Wildman–Crippen MR) is 342 cm³/mol. The van der Waals surface area contributed by atoms with Crippen molar-refractivity contribution < 1.29 is 93.7 Å². The van der Waals surface area contributed by atoms with Crippen LogP contribution in [-0.4, -0.2) is 133 Å². The number of aliphatic carboxylic acids is 1. The molecule has 0 radical (unpaired) electrons. The van der Waals surface area contributed by atoms with Crippen molar-refractivity contribution in [1.29, 1.82) is 0 Å². The number of primary amides is 6. The summed E-state index contributed by atoms with van der Waals surface area (Å²) in [7, 11) is -5.32. The van der Waals surface area contributed by atoms with Crippen LogP contribution in [0.5, 0.6) is 0 Å². The van der Waals surface area contributed by atoms with Crippen LogP contribution in [0, 0.1) is 59.2 Å². The molecule has 0 aliphatic carbocycles. The molecule has 2 aromatic rings. The average Bonchev–Trinajstić information content (AvgIpc) is 1.53. The molecule has 11 unspecified atom stereocenters. The van der Waals surface area contributed by atoms with E-state index in [4.69, 9.17) is 78.4 Å². The maximum Gasteiger partial charge on any atom is 3.00 e. The van der Waals surface area contributed by atoms with E-state index in [0.29, 0.717) is 56.4 Å². The molecule has 522 valence electrons. The number of carbonyl (C=O) groups is 8. The number of aliphatic hydroxyl groups excluding tert-OH is 2. The van der Waals surface area contributed by atoms with E-state index in [1.165, 1.54) is 17.8 Å². The number of carboxylic acid groups (broad SMARTS) is 1. The first-order valence-electron chi connectivity index (χ1n) is 31.4. The molecule has 6 aliphatic heterocycles. The van der Waals surface area contributed by atoms with Crippen LogP contribution in [0.2, 0.25) is 0 Å². The molecule has 95 heavy (non-hydrogen) atoms. The Labute approximate surface area is 562 Å². The second-order valence-electron chi connectivity index (χ2n) is 27.5. The third-order valence-electron chi connectivity index (χ3n) is 20.5. The molecule has 7 amide bonds. The minimum atomic E-state index is -5.32. The molecule has 1 aromatic heterocycles. The largest absolute Gasteiger partial charge is 3.00 e. The Hall–Kier alpha value is -7.02. The van der Waals surface area contributed by atoms with Gasteiger partial charge in [-0.3, -0.25) is 53.1 Å². The van der Waals surface area contributed by atoms with E-state index in [1.807, 2.05) is 80.5 Å². The molecule has 6 aliphatic rings. The minimum absolute atomic E-state index is 0. The van der Waals surface area contributed by atoms with Crippen molar-refractivity contribution in [3.8, 4) is 0 Å². The zero-order valence-electron chi connectivity index (χ0n) is 55.8. The number of hydrogen-bond donors (Lipinski definition) is 9. The van der Waals surface area contributed by atoms with Gasteiger partial charge in [-0.15, -0.1) is 0 Å². The zero-order chi connectivity index (χ0) is 70.3. The number of aliphatic hydroxyl groups is 2. The van der Waals surface area contributed by atoms with Crippen LogP contribution in [0.1, 0.15) is 157 Å². The molecule has 1 aromatic carbocycles. The molecule has 7 heterocycles. The van der Waals surface area contributed by atoms with Gasteiger partial charge in [-0.2, -0.15) is 5.70 Å². The van der Waals surface area contributed by atoms with E-state index in [0.717, 1.165) is 18.1 Å². The van der Waals surface area contributed by atoms with Gasteiger partial charge in [-0.1, -0.05) is 40.7 Å².